The summed E-state index contributed by atoms with van der Waals surface area (Å²) in [4.78, 5) is 0. The van der Waals surface area contributed by atoms with Gasteiger partial charge in [-0.2, -0.15) is 26.3 Å². The van der Waals surface area contributed by atoms with E-state index in [-0.39, 0.29) is 6.07 Å². The van der Waals surface area contributed by atoms with Crippen molar-refractivity contribution in [3.05, 3.63) is 35.4 Å². The third-order valence-corrected chi connectivity index (χ3v) is 2.43. The van der Waals surface area contributed by atoms with Gasteiger partial charge in [-0.1, -0.05) is 12.1 Å². The smallest absolute Gasteiger partial charge is 0.375 e. The van der Waals surface area contributed by atoms with E-state index in [1.165, 1.54) is 0 Å². The van der Waals surface area contributed by atoms with Gasteiger partial charge in [0.25, 0.3) is 0 Å². The van der Waals surface area contributed by atoms with Gasteiger partial charge in [0.1, 0.15) is 0 Å². The van der Waals surface area contributed by atoms with Crippen LogP contribution in [-0.2, 0) is 11.8 Å². The molecule has 0 saturated carbocycles. The van der Waals surface area contributed by atoms with Gasteiger partial charge in [-0.05, 0) is 17.7 Å². The van der Waals surface area contributed by atoms with E-state index in [9.17, 15) is 31.4 Å². The van der Waals surface area contributed by atoms with Gasteiger partial charge in [0.2, 0.25) is 0 Å². The van der Waals surface area contributed by atoms with Gasteiger partial charge in [0.15, 0.2) is 5.60 Å². The highest BCUT2D eigenvalue weighted by molar-refractivity contribution is 5.31. The molecule has 0 aliphatic rings. The van der Waals surface area contributed by atoms with E-state index < -0.39 is 35.6 Å². The van der Waals surface area contributed by atoms with Crippen molar-refractivity contribution in [3.63, 3.8) is 0 Å². The molecule has 0 amide bonds. The molecule has 0 fully saturated rings. The van der Waals surface area contributed by atoms with Crippen LogP contribution in [0.25, 0.3) is 0 Å². The molecule has 0 radical (unpaired) electrons. The number of hydrogen-bond donors (Lipinski definition) is 2. The Labute approximate surface area is 98.0 Å². The monoisotopic (exact) mass is 273 g/mol. The minimum atomic E-state index is -5.16. The number of nitrogens with two attached hydrogens (primary N) is 1. The molecule has 0 saturated heterocycles. The van der Waals surface area contributed by atoms with Crippen molar-refractivity contribution >= 4 is 0 Å². The van der Waals surface area contributed by atoms with Crippen molar-refractivity contribution in [1.29, 1.82) is 0 Å². The molecule has 18 heavy (non-hydrogen) atoms. The van der Waals surface area contributed by atoms with Gasteiger partial charge in [0, 0.05) is 6.54 Å². The van der Waals surface area contributed by atoms with Crippen LogP contribution in [0.3, 0.4) is 0 Å². The van der Waals surface area contributed by atoms with E-state index in [1.54, 1.807) is 0 Å². The van der Waals surface area contributed by atoms with Gasteiger partial charge in [-0.3, -0.25) is 0 Å². The summed E-state index contributed by atoms with van der Waals surface area (Å²) >= 11 is 0. The zero-order valence-electron chi connectivity index (χ0n) is 8.81. The molecule has 1 aromatic rings. The van der Waals surface area contributed by atoms with Crippen molar-refractivity contribution in [1.82, 2.24) is 0 Å². The molecule has 0 heterocycles. The molecule has 1 unspecified atom stereocenters. The lowest BCUT2D eigenvalue weighted by molar-refractivity contribution is -0.262. The van der Waals surface area contributed by atoms with Crippen LogP contribution in [-0.4, -0.2) is 17.8 Å². The number of aliphatic hydroxyl groups is 1. The molecule has 0 aromatic heterocycles. The highest BCUT2D eigenvalue weighted by Crippen LogP contribution is 2.40. The van der Waals surface area contributed by atoms with Crippen molar-refractivity contribution < 1.29 is 31.4 Å². The summed E-state index contributed by atoms with van der Waals surface area (Å²) < 4.78 is 74.9. The minimum absolute atomic E-state index is 0.236. The summed E-state index contributed by atoms with van der Waals surface area (Å²) in [6, 6.07) is 2.37. The highest BCUT2D eigenvalue weighted by Gasteiger charge is 2.54. The second-order valence-electron chi connectivity index (χ2n) is 3.64. The van der Waals surface area contributed by atoms with Gasteiger partial charge < -0.3 is 10.8 Å². The molecule has 8 heteroatoms. The van der Waals surface area contributed by atoms with E-state index in [4.69, 9.17) is 5.73 Å². The zero-order chi connectivity index (χ0) is 14.2. The molecule has 0 aliphatic carbocycles. The van der Waals surface area contributed by atoms with E-state index in [1.807, 2.05) is 0 Å². The lowest BCUT2D eigenvalue weighted by Gasteiger charge is -2.29. The fourth-order valence-electron chi connectivity index (χ4n) is 1.35. The van der Waals surface area contributed by atoms with Crippen LogP contribution in [0.4, 0.5) is 26.3 Å². The average Bonchev–Trinajstić information content (AvgIpc) is 2.25. The Hall–Kier alpha value is -1.28. The summed E-state index contributed by atoms with van der Waals surface area (Å²) in [5.41, 5.74) is -0.878. The number of alkyl halides is 6. The lowest BCUT2D eigenvalue weighted by Crippen LogP contribution is -2.48. The molecule has 0 spiro atoms. The number of hydrogen-bond acceptors (Lipinski definition) is 2. The molecule has 102 valence electrons. The quantitative estimate of drug-likeness (QED) is 0.813. The maximum Gasteiger partial charge on any atom is 0.422 e. The lowest BCUT2D eigenvalue weighted by atomic mass is 9.92. The molecule has 0 bridgehead atoms. The number of rotatable bonds is 2. The molecular weight excluding hydrogens is 264 g/mol. The van der Waals surface area contributed by atoms with Crippen LogP contribution in [0.15, 0.2) is 24.3 Å². The first kappa shape index (κ1) is 14.8. The molecular formula is C10H9F6NO. The van der Waals surface area contributed by atoms with Crippen LogP contribution in [0.5, 0.6) is 0 Å². The summed E-state index contributed by atoms with van der Waals surface area (Å²) in [6.07, 6.45) is -9.96. The minimum Gasteiger partial charge on any atom is -0.375 e. The Kier molecular flexibility index (Phi) is 3.64. The van der Waals surface area contributed by atoms with Crippen molar-refractivity contribution in [2.75, 3.05) is 6.54 Å². The van der Waals surface area contributed by atoms with Gasteiger partial charge in [-0.25, -0.2) is 0 Å². The predicted octanol–water partition coefficient (Wildman–Crippen LogP) is 2.41. The maximum absolute atomic E-state index is 12.6. The predicted molar refractivity (Wildman–Crippen MR) is 50.5 cm³/mol. The first-order valence-corrected chi connectivity index (χ1v) is 4.69. The number of halogens is 6. The standard InChI is InChI=1S/C10H9F6NO/c11-9(12,13)7-3-1-2-6(4-7)8(18,5-17)10(14,15)16/h1-4,18H,5,17H2. The van der Waals surface area contributed by atoms with Gasteiger partial charge in [-0.15, -0.1) is 0 Å². The van der Waals surface area contributed by atoms with Crippen LogP contribution in [0.2, 0.25) is 0 Å². The molecule has 1 atom stereocenters. The summed E-state index contributed by atoms with van der Waals surface area (Å²) in [5.74, 6) is 0. The fraction of sp³-hybridized carbons (Fsp3) is 0.400. The SMILES string of the molecule is NCC(O)(c1cccc(C(F)(F)F)c1)C(F)(F)F. The molecule has 1 aromatic carbocycles. The van der Waals surface area contributed by atoms with E-state index in [2.05, 4.69) is 0 Å². The van der Waals surface area contributed by atoms with E-state index in [0.29, 0.717) is 6.07 Å². The van der Waals surface area contributed by atoms with Crippen molar-refractivity contribution in [2.24, 2.45) is 5.73 Å². The topological polar surface area (TPSA) is 46.2 Å². The third kappa shape index (κ3) is 2.59. The van der Waals surface area contributed by atoms with Crippen molar-refractivity contribution in [2.45, 2.75) is 18.0 Å². The molecule has 3 N–H and O–H groups in total. The van der Waals surface area contributed by atoms with Crippen LogP contribution < -0.4 is 5.73 Å². The fourth-order valence-corrected chi connectivity index (χ4v) is 1.35. The second kappa shape index (κ2) is 4.43. The normalized spacial score (nSPS) is 16.4. The number of benzene rings is 1. The van der Waals surface area contributed by atoms with E-state index in [0.717, 1.165) is 12.1 Å². The van der Waals surface area contributed by atoms with Crippen LogP contribution in [0, 0.1) is 0 Å². The summed E-state index contributed by atoms with van der Waals surface area (Å²) in [7, 11) is 0. The first-order chi connectivity index (χ1) is 8.02. The summed E-state index contributed by atoms with van der Waals surface area (Å²) in [6.45, 7) is -1.27. The Morgan fingerprint density at radius 2 is 1.50 bits per heavy atom. The zero-order valence-corrected chi connectivity index (χ0v) is 8.81. The Balaban J connectivity index is 3.33. The average molecular weight is 273 g/mol. The Bertz CT molecular complexity index is 427. The third-order valence-electron chi connectivity index (χ3n) is 2.43. The summed E-state index contributed by atoms with van der Waals surface area (Å²) in [5, 5.41) is 9.40. The molecule has 2 nitrogen and oxygen atoms in total. The van der Waals surface area contributed by atoms with Crippen molar-refractivity contribution in [3.8, 4) is 0 Å². The molecule has 1 rings (SSSR count). The maximum atomic E-state index is 12.6. The Morgan fingerprint density at radius 1 is 1.00 bits per heavy atom. The second-order valence-corrected chi connectivity index (χ2v) is 3.64. The highest BCUT2D eigenvalue weighted by atomic mass is 19.4. The van der Waals surface area contributed by atoms with Crippen LogP contribution >= 0.6 is 0 Å². The van der Waals surface area contributed by atoms with Gasteiger partial charge in [0.05, 0.1) is 5.56 Å². The van der Waals surface area contributed by atoms with E-state index >= 15 is 0 Å². The van der Waals surface area contributed by atoms with Crippen LogP contribution in [0.1, 0.15) is 11.1 Å². The molecule has 0 aliphatic heterocycles. The first-order valence-electron chi connectivity index (χ1n) is 4.69. The van der Waals surface area contributed by atoms with Gasteiger partial charge >= 0.3 is 12.4 Å². The largest absolute Gasteiger partial charge is 0.422 e. The Morgan fingerprint density at radius 3 is 1.89 bits per heavy atom.